The van der Waals surface area contributed by atoms with Crippen LogP contribution in [0.4, 0.5) is 0 Å². The quantitative estimate of drug-likeness (QED) is 0.413. The van der Waals surface area contributed by atoms with Crippen molar-refractivity contribution in [3.8, 4) is 36.2 Å². The Kier molecular flexibility index (Phi) is 6.03. The van der Waals surface area contributed by atoms with Crippen LogP contribution in [0.25, 0.3) is 0 Å². The molecule has 4 rings (SSSR count). The molecule has 0 fully saturated rings. The fourth-order valence-corrected chi connectivity index (χ4v) is 3.69. The van der Waals surface area contributed by atoms with E-state index in [0.29, 0.717) is 33.8 Å². The summed E-state index contributed by atoms with van der Waals surface area (Å²) in [7, 11) is 0. The molecular formula is C30H22O3. The van der Waals surface area contributed by atoms with Gasteiger partial charge in [-0.2, -0.15) is 0 Å². The summed E-state index contributed by atoms with van der Waals surface area (Å²) in [4.78, 5) is 0. The van der Waals surface area contributed by atoms with Crippen LogP contribution in [0, 0.1) is 24.7 Å². The van der Waals surface area contributed by atoms with Gasteiger partial charge in [-0.05, 0) is 24.3 Å². The summed E-state index contributed by atoms with van der Waals surface area (Å²) in [6.07, 6.45) is 11.3. The van der Waals surface area contributed by atoms with Crippen molar-refractivity contribution >= 4 is 0 Å². The van der Waals surface area contributed by atoms with Crippen LogP contribution in [0.15, 0.2) is 109 Å². The molecule has 0 aliphatic heterocycles. The molecule has 3 nitrogen and oxygen atoms in total. The Bertz CT molecular complexity index is 1190. The minimum atomic E-state index is -1.53. The molecule has 0 bridgehead atoms. The van der Waals surface area contributed by atoms with Gasteiger partial charge in [0.15, 0.2) is 11.2 Å². The van der Waals surface area contributed by atoms with Crippen LogP contribution in [-0.4, -0.2) is 10.2 Å². The number of benzene rings is 4. The van der Waals surface area contributed by atoms with Gasteiger partial charge in [0.25, 0.3) is 0 Å². The average molecular weight is 431 g/mol. The van der Waals surface area contributed by atoms with Gasteiger partial charge in [-0.3, -0.25) is 0 Å². The van der Waals surface area contributed by atoms with E-state index in [1.165, 1.54) is 0 Å². The highest BCUT2D eigenvalue weighted by Gasteiger charge is 2.30. The molecule has 3 heteroatoms. The fourth-order valence-electron chi connectivity index (χ4n) is 3.69. The molecule has 2 unspecified atom stereocenters. The molecule has 2 atom stereocenters. The van der Waals surface area contributed by atoms with Gasteiger partial charge in [-0.25, -0.2) is 0 Å². The Morgan fingerprint density at radius 1 is 0.485 bits per heavy atom. The van der Waals surface area contributed by atoms with Crippen molar-refractivity contribution < 1.29 is 14.9 Å². The Morgan fingerprint density at radius 2 is 0.788 bits per heavy atom. The number of terminal acetylenes is 2. The molecule has 0 saturated carbocycles. The maximum atomic E-state index is 11.1. The second-order valence-corrected chi connectivity index (χ2v) is 7.59. The first-order valence-electron chi connectivity index (χ1n) is 10.4. The monoisotopic (exact) mass is 430 g/mol. The predicted octanol–water partition coefficient (Wildman–Crippen LogP) is 5.22. The highest BCUT2D eigenvalue weighted by Crippen LogP contribution is 2.33. The maximum Gasteiger partial charge on any atom is 0.176 e. The summed E-state index contributed by atoms with van der Waals surface area (Å²) in [5.74, 6) is 6.14. The van der Waals surface area contributed by atoms with Crippen LogP contribution in [-0.2, 0) is 11.2 Å². The highest BCUT2D eigenvalue weighted by molar-refractivity contribution is 5.47. The van der Waals surface area contributed by atoms with Crippen LogP contribution in [0.3, 0.4) is 0 Å². The number of hydrogen-bond donors (Lipinski definition) is 2. The van der Waals surface area contributed by atoms with Crippen LogP contribution in [0.2, 0.25) is 0 Å². The lowest BCUT2D eigenvalue weighted by Crippen LogP contribution is -2.24. The molecule has 0 saturated heterocycles. The Morgan fingerprint density at radius 3 is 1.09 bits per heavy atom. The first-order valence-corrected chi connectivity index (χ1v) is 10.4. The summed E-state index contributed by atoms with van der Waals surface area (Å²) >= 11 is 0. The molecular weight excluding hydrogens is 408 g/mol. The number of ether oxygens (including phenoxy) is 1. The minimum Gasteiger partial charge on any atom is -0.457 e. The third-order valence-corrected chi connectivity index (χ3v) is 5.58. The average Bonchev–Trinajstić information content (AvgIpc) is 2.89. The summed E-state index contributed by atoms with van der Waals surface area (Å²) in [5, 5.41) is 22.1. The van der Waals surface area contributed by atoms with Crippen LogP contribution < -0.4 is 4.74 Å². The SMILES string of the molecule is C#CC(O)(c1ccccc1)c1ccc(Oc2ccc(C(O)(C#C)c3ccccc3)cc2)cc1. The fraction of sp³-hybridized carbons (Fsp3) is 0.0667. The zero-order valence-corrected chi connectivity index (χ0v) is 17.8. The van der Waals surface area contributed by atoms with E-state index >= 15 is 0 Å². The van der Waals surface area contributed by atoms with E-state index in [0.717, 1.165) is 0 Å². The smallest absolute Gasteiger partial charge is 0.176 e. The van der Waals surface area contributed by atoms with E-state index in [9.17, 15) is 10.2 Å². The van der Waals surface area contributed by atoms with Crippen LogP contribution in [0.5, 0.6) is 11.5 Å². The molecule has 0 heterocycles. The number of aliphatic hydroxyl groups is 2. The van der Waals surface area contributed by atoms with E-state index in [1.807, 2.05) is 36.4 Å². The number of hydrogen-bond acceptors (Lipinski definition) is 3. The largest absolute Gasteiger partial charge is 0.457 e. The number of rotatable bonds is 6. The predicted molar refractivity (Wildman–Crippen MR) is 130 cm³/mol. The molecule has 0 aromatic heterocycles. The lowest BCUT2D eigenvalue weighted by atomic mass is 9.87. The van der Waals surface area contributed by atoms with Gasteiger partial charge in [0.1, 0.15) is 11.5 Å². The second kappa shape index (κ2) is 9.07. The normalized spacial score (nSPS) is 14.2. The summed E-state index contributed by atoms with van der Waals surface area (Å²) in [6, 6.07) is 32.2. The van der Waals surface area contributed by atoms with E-state index < -0.39 is 11.2 Å². The van der Waals surface area contributed by atoms with E-state index in [4.69, 9.17) is 17.6 Å². The highest BCUT2D eigenvalue weighted by atomic mass is 16.5. The van der Waals surface area contributed by atoms with Crippen molar-refractivity contribution in [2.45, 2.75) is 11.2 Å². The van der Waals surface area contributed by atoms with Gasteiger partial charge in [0.05, 0.1) is 0 Å². The molecule has 4 aromatic carbocycles. The Hall–Kier alpha value is -4.28. The van der Waals surface area contributed by atoms with Gasteiger partial charge in [0.2, 0.25) is 0 Å². The van der Waals surface area contributed by atoms with Crippen molar-refractivity contribution in [3.63, 3.8) is 0 Å². The molecule has 0 radical (unpaired) electrons. The molecule has 160 valence electrons. The van der Waals surface area contributed by atoms with Crippen molar-refractivity contribution in [3.05, 3.63) is 131 Å². The van der Waals surface area contributed by atoms with E-state index in [1.54, 1.807) is 72.8 Å². The zero-order chi connectivity index (χ0) is 23.3. The van der Waals surface area contributed by atoms with Crippen LogP contribution in [0.1, 0.15) is 22.3 Å². The minimum absolute atomic E-state index is 0.570. The summed E-state index contributed by atoms with van der Waals surface area (Å²) in [6.45, 7) is 0. The standard InChI is InChI=1S/C30H22O3/c1-3-29(31,23-11-7-5-8-12-23)25-15-19-27(20-16-25)33-28-21-17-26(18-22-28)30(32,4-2)24-13-9-6-10-14-24/h1-2,5-22,31-32H. The lowest BCUT2D eigenvalue weighted by Gasteiger charge is -2.24. The molecule has 0 spiro atoms. The van der Waals surface area contributed by atoms with Gasteiger partial charge < -0.3 is 14.9 Å². The zero-order valence-electron chi connectivity index (χ0n) is 17.8. The molecule has 0 aliphatic rings. The van der Waals surface area contributed by atoms with E-state index in [-0.39, 0.29) is 0 Å². The third-order valence-electron chi connectivity index (χ3n) is 5.58. The van der Waals surface area contributed by atoms with Gasteiger partial charge >= 0.3 is 0 Å². The Balaban J connectivity index is 1.54. The van der Waals surface area contributed by atoms with E-state index in [2.05, 4.69) is 11.8 Å². The summed E-state index contributed by atoms with van der Waals surface area (Å²) in [5.41, 5.74) is -0.675. The first-order chi connectivity index (χ1) is 16.0. The molecule has 0 amide bonds. The van der Waals surface area contributed by atoms with Gasteiger partial charge in [0, 0.05) is 22.3 Å². The second-order valence-electron chi connectivity index (χ2n) is 7.59. The molecule has 33 heavy (non-hydrogen) atoms. The van der Waals surface area contributed by atoms with Crippen molar-refractivity contribution in [1.82, 2.24) is 0 Å². The van der Waals surface area contributed by atoms with Crippen molar-refractivity contribution in [2.75, 3.05) is 0 Å². The summed E-state index contributed by atoms with van der Waals surface area (Å²) < 4.78 is 5.93. The van der Waals surface area contributed by atoms with Crippen molar-refractivity contribution in [2.24, 2.45) is 0 Å². The van der Waals surface area contributed by atoms with Gasteiger partial charge in [-0.1, -0.05) is 96.8 Å². The Labute approximate surface area is 193 Å². The topological polar surface area (TPSA) is 49.7 Å². The maximum absolute atomic E-state index is 11.1. The third kappa shape index (κ3) is 4.25. The molecule has 0 aliphatic carbocycles. The molecule has 2 N–H and O–H groups in total. The molecule has 4 aromatic rings. The van der Waals surface area contributed by atoms with Crippen LogP contribution >= 0.6 is 0 Å². The van der Waals surface area contributed by atoms with Crippen molar-refractivity contribution in [1.29, 1.82) is 0 Å². The first kappa shape index (κ1) is 21.9. The van der Waals surface area contributed by atoms with Gasteiger partial charge in [-0.15, -0.1) is 12.8 Å². The lowest BCUT2D eigenvalue weighted by molar-refractivity contribution is 0.145.